The molecule has 10 nitrogen and oxygen atoms in total. The molecule has 0 aliphatic heterocycles. The number of esters is 1. The van der Waals surface area contributed by atoms with Crippen LogP contribution in [0.5, 0.6) is 0 Å². The van der Waals surface area contributed by atoms with Crippen molar-refractivity contribution in [2.24, 2.45) is 0 Å². The first kappa shape index (κ1) is 23.3. The van der Waals surface area contributed by atoms with Gasteiger partial charge in [0, 0.05) is 28.9 Å². The maximum Gasteiger partial charge on any atom is 0.307 e. The number of anilines is 1. The summed E-state index contributed by atoms with van der Waals surface area (Å²) in [6.45, 7) is 0.702. The molecule has 0 unspecified atom stereocenters. The van der Waals surface area contributed by atoms with Crippen LogP contribution in [0.1, 0.15) is 12.0 Å². The van der Waals surface area contributed by atoms with E-state index in [1.165, 1.54) is 42.5 Å². The Morgan fingerprint density at radius 3 is 2.60 bits per heavy atom. The lowest BCUT2D eigenvalue weighted by molar-refractivity contribution is -0.385. The minimum atomic E-state index is -3.84. The zero-order chi connectivity index (χ0) is 22.3. The van der Waals surface area contributed by atoms with Crippen LogP contribution in [0.15, 0.2) is 47.4 Å². The first-order chi connectivity index (χ1) is 14.1. The monoisotopic (exact) mass is 455 g/mol. The minimum absolute atomic E-state index is 0.0464. The lowest BCUT2D eigenvalue weighted by atomic mass is 10.2. The third-order valence-electron chi connectivity index (χ3n) is 3.78. The average Bonchev–Trinajstić information content (AvgIpc) is 2.67. The van der Waals surface area contributed by atoms with E-state index in [9.17, 15) is 28.1 Å². The van der Waals surface area contributed by atoms with Gasteiger partial charge in [0.2, 0.25) is 10.0 Å². The second-order valence-corrected chi connectivity index (χ2v) is 8.28. The van der Waals surface area contributed by atoms with Gasteiger partial charge in [0.15, 0.2) is 6.61 Å². The third-order valence-corrected chi connectivity index (χ3v) is 5.48. The van der Waals surface area contributed by atoms with Crippen molar-refractivity contribution in [2.45, 2.75) is 18.2 Å². The van der Waals surface area contributed by atoms with Crippen LogP contribution in [0.25, 0.3) is 0 Å². The Hall–Kier alpha value is -3.02. The third kappa shape index (κ3) is 6.79. The fourth-order valence-electron chi connectivity index (χ4n) is 2.30. The lowest BCUT2D eigenvalue weighted by Gasteiger charge is -2.08. The summed E-state index contributed by atoms with van der Waals surface area (Å²) in [5, 5.41) is 13.6. The molecule has 0 radical (unpaired) electrons. The van der Waals surface area contributed by atoms with Crippen LogP contribution in [0, 0.1) is 17.0 Å². The summed E-state index contributed by atoms with van der Waals surface area (Å²) in [7, 11) is -3.84. The molecule has 2 rings (SSSR count). The maximum absolute atomic E-state index is 12.1. The molecular weight excluding hydrogens is 438 g/mol. The van der Waals surface area contributed by atoms with E-state index < -0.39 is 33.4 Å². The number of sulfonamides is 1. The van der Waals surface area contributed by atoms with E-state index in [2.05, 4.69) is 10.0 Å². The zero-order valence-electron chi connectivity index (χ0n) is 15.8. The first-order valence-corrected chi connectivity index (χ1v) is 10.4. The first-order valence-electron chi connectivity index (χ1n) is 8.54. The highest BCUT2D eigenvalue weighted by Gasteiger charge is 2.16. The summed E-state index contributed by atoms with van der Waals surface area (Å²) in [6, 6.07) is 9.77. The fraction of sp³-hybridized carbons (Fsp3) is 0.222. The number of hydrogen-bond donors (Lipinski definition) is 2. The van der Waals surface area contributed by atoms with Crippen molar-refractivity contribution in [1.29, 1.82) is 0 Å². The highest BCUT2D eigenvalue weighted by molar-refractivity contribution is 7.89. The van der Waals surface area contributed by atoms with Crippen molar-refractivity contribution in [3.8, 4) is 0 Å². The van der Waals surface area contributed by atoms with E-state index in [1.54, 1.807) is 6.92 Å². The number of ether oxygens (including phenoxy) is 1. The van der Waals surface area contributed by atoms with Crippen LogP contribution < -0.4 is 10.0 Å². The van der Waals surface area contributed by atoms with Gasteiger partial charge in [-0.05, 0) is 31.2 Å². The number of carbonyl (C=O) groups is 2. The van der Waals surface area contributed by atoms with Gasteiger partial charge < -0.3 is 10.1 Å². The molecule has 0 aliphatic rings. The topological polar surface area (TPSA) is 145 Å². The highest BCUT2D eigenvalue weighted by Crippen LogP contribution is 2.22. The van der Waals surface area contributed by atoms with E-state index in [0.717, 1.165) is 0 Å². The molecule has 0 aromatic heterocycles. The standard InChI is InChI=1S/C18H18ClN3O7S/c1-12-5-6-14(10-16(12)22(25)26)21-17(23)11-29-18(24)7-8-20-30(27,28)15-4-2-3-13(19)9-15/h2-6,9-10,20H,7-8,11H2,1H3,(H,21,23). The van der Waals surface area contributed by atoms with Gasteiger partial charge in [-0.25, -0.2) is 13.1 Å². The predicted molar refractivity (Wildman–Crippen MR) is 109 cm³/mol. The van der Waals surface area contributed by atoms with Crippen molar-refractivity contribution >= 4 is 44.9 Å². The van der Waals surface area contributed by atoms with Crippen LogP contribution in [0.2, 0.25) is 5.02 Å². The predicted octanol–water partition coefficient (Wildman–Crippen LogP) is 2.41. The summed E-state index contributed by atoms with van der Waals surface area (Å²) < 4.78 is 31.2. The summed E-state index contributed by atoms with van der Waals surface area (Å²) >= 11 is 5.76. The Kier molecular flexibility index (Phi) is 7.86. The second-order valence-electron chi connectivity index (χ2n) is 6.07. The Morgan fingerprint density at radius 2 is 1.93 bits per heavy atom. The molecule has 30 heavy (non-hydrogen) atoms. The number of halogens is 1. The summed E-state index contributed by atoms with van der Waals surface area (Å²) in [5.41, 5.74) is 0.462. The van der Waals surface area contributed by atoms with Crippen molar-refractivity contribution in [1.82, 2.24) is 4.72 Å². The Balaban J connectivity index is 1.79. The van der Waals surface area contributed by atoms with Gasteiger partial charge in [-0.15, -0.1) is 0 Å². The molecule has 0 bridgehead atoms. The van der Waals surface area contributed by atoms with Gasteiger partial charge in [-0.1, -0.05) is 23.7 Å². The second kappa shape index (κ2) is 10.1. The largest absolute Gasteiger partial charge is 0.456 e. The molecule has 2 aromatic rings. The van der Waals surface area contributed by atoms with E-state index in [-0.39, 0.29) is 34.3 Å². The molecule has 0 saturated carbocycles. The number of benzene rings is 2. The number of carbonyl (C=O) groups excluding carboxylic acids is 2. The number of nitro benzene ring substituents is 1. The lowest BCUT2D eigenvalue weighted by Crippen LogP contribution is -2.28. The minimum Gasteiger partial charge on any atom is -0.456 e. The van der Waals surface area contributed by atoms with E-state index in [4.69, 9.17) is 16.3 Å². The molecule has 160 valence electrons. The van der Waals surface area contributed by atoms with Crippen LogP contribution in [0.3, 0.4) is 0 Å². The SMILES string of the molecule is Cc1ccc(NC(=O)COC(=O)CCNS(=O)(=O)c2cccc(Cl)c2)cc1[N+](=O)[O-]. The van der Waals surface area contributed by atoms with Gasteiger partial charge in [0.1, 0.15) is 0 Å². The molecule has 0 fully saturated rings. The zero-order valence-corrected chi connectivity index (χ0v) is 17.3. The van der Waals surface area contributed by atoms with E-state index in [1.807, 2.05) is 0 Å². The molecule has 12 heteroatoms. The Morgan fingerprint density at radius 1 is 1.20 bits per heavy atom. The molecule has 0 spiro atoms. The molecule has 2 N–H and O–H groups in total. The number of nitrogens with one attached hydrogen (secondary N) is 2. The summed E-state index contributed by atoms with van der Waals surface area (Å²) in [5.74, 6) is -1.49. The molecule has 0 atom stereocenters. The van der Waals surface area contributed by atoms with E-state index >= 15 is 0 Å². The van der Waals surface area contributed by atoms with Crippen molar-refractivity contribution in [2.75, 3.05) is 18.5 Å². The molecular formula is C18H18ClN3O7S. The van der Waals surface area contributed by atoms with E-state index in [0.29, 0.717) is 5.56 Å². The smallest absolute Gasteiger partial charge is 0.307 e. The maximum atomic E-state index is 12.1. The molecule has 2 aromatic carbocycles. The van der Waals surface area contributed by atoms with Crippen molar-refractivity contribution in [3.63, 3.8) is 0 Å². The molecule has 0 aliphatic carbocycles. The van der Waals surface area contributed by atoms with Crippen molar-refractivity contribution < 1.29 is 27.7 Å². The Labute approximate surface area is 177 Å². The number of amides is 1. The normalized spacial score (nSPS) is 11.0. The van der Waals surface area contributed by atoms with Crippen LogP contribution >= 0.6 is 11.6 Å². The average molecular weight is 456 g/mol. The van der Waals surface area contributed by atoms with Crippen LogP contribution in [0.4, 0.5) is 11.4 Å². The number of rotatable bonds is 9. The van der Waals surface area contributed by atoms with Crippen LogP contribution in [-0.4, -0.2) is 38.4 Å². The Bertz CT molecular complexity index is 1070. The number of aryl methyl sites for hydroxylation is 1. The quantitative estimate of drug-likeness (QED) is 0.335. The number of hydrogen-bond acceptors (Lipinski definition) is 7. The molecule has 0 heterocycles. The summed E-state index contributed by atoms with van der Waals surface area (Å²) in [6.07, 6.45) is -0.303. The number of nitro groups is 1. The van der Waals surface area contributed by atoms with Gasteiger partial charge in [-0.2, -0.15) is 0 Å². The van der Waals surface area contributed by atoms with Gasteiger partial charge in [0.25, 0.3) is 11.6 Å². The highest BCUT2D eigenvalue weighted by atomic mass is 35.5. The molecule has 1 amide bonds. The number of nitrogens with zero attached hydrogens (tertiary/aromatic N) is 1. The van der Waals surface area contributed by atoms with Gasteiger partial charge >= 0.3 is 5.97 Å². The van der Waals surface area contributed by atoms with Gasteiger partial charge in [-0.3, -0.25) is 19.7 Å². The summed E-state index contributed by atoms with van der Waals surface area (Å²) in [4.78, 5) is 33.9. The van der Waals surface area contributed by atoms with Gasteiger partial charge in [0.05, 0.1) is 16.2 Å². The van der Waals surface area contributed by atoms with Crippen LogP contribution in [-0.2, 0) is 24.3 Å². The molecule has 0 saturated heterocycles. The van der Waals surface area contributed by atoms with Crippen molar-refractivity contribution in [3.05, 3.63) is 63.2 Å². The fourth-order valence-corrected chi connectivity index (χ4v) is 3.64.